The lowest BCUT2D eigenvalue weighted by Crippen LogP contribution is -2.49. The van der Waals surface area contributed by atoms with Crippen molar-refractivity contribution in [3.05, 3.63) is 95.6 Å². The molecule has 3 aromatic carbocycles. The highest BCUT2D eigenvalue weighted by atomic mass is 16.5. The van der Waals surface area contributed by atoms with Crippen LogP contribution in [0, 0.1) is 11.3 Å². The quantitative estimate of drug-likeness (QED) is 0.454. The molecular weight excluding hydrogens is 456 g/mol. The van der Waals surface area contributed by atoms with Crippen LogP contribution in [0.5, 0.6) is 5.75 Å². The minimum atomic E-state index is -0.920. The highest BCUT2D eigenvalue weighted by Gasteiger charge is 2.31. The molecule has 1 aliphatic rings. The first-order chi connectivity index (χ1) is 17.5. The second kappa shape index (κ2) is 9.72. The van der Waals surface area contributed by atoms with Gasteiger partial charge in [-0.25, -0.2) is 4.98 Å². The third-order valence-electron chi connectivity index (χ3n) is 5.93. The Morgan fingerprint density at radius 1 is 1.14 bits per heavy atom. The van der Waals surface area contributed by atoms with Crippen LogP contribution in [0.2, 0.25) is 0 Å². The summed E-state index contributed by atoms with van der Waals surface area (Å²) < 4.78 is 5.88. The number of hydrogen-bond acceptors (Lipinski definition) is 6. The molecule has 2 N–H and O–H groups in total. The Morgan fingerprint density at radius 2 is 1.94 bits per heavy atom. The van der Waals surface area contributed by atoms with Crippen LogP contribution < -0.4 is 15.0 Å². The summed E-state index contributed by atoms with van der Waals surface area (Å²) in [6.07, 6.45) is 0.504. The average Bonchev–Trinajstić information content (AvgIpc) is 3.35. The van der Waals surface area contributed by atoms with Gasteiger partial charge >= 0.3 is 0 Å². The summed E-state index contributed by atoms with van der Waals surface area (Å²) in [5.74, 6) is 0.127. The molecule has 4 aromatic rings. The Hall–Kier alpha value is -4.97. The van der Waals surface area contributed by atoms with Gasteiger partial charge in [-0.1, -0.05) is 48.5 Å². The fourth-order valence-corrected chi connectivity index (χ4v) is 4.04. The minimum Gasteiger partial charge on any atom is -0.489 e. The molecule has 0 bridgehead atoms. The summed E-state index contributed by atoms with van der Waals surface area (Å²) in [5.41, 5.74) is 3.83. The number of fused-ring (bicyclic) bond motifs is 1. The molecule has 0 radical (unpaired) electrons. The summed E-state index contributed by atoms with van der Waals surface area (Å²) in [6.45, 7) is -0.0352. The number of hydrogen-bond donors (Lipinski definition) is 2. The Morgan fingerprint density at radius 3 is 2.75 bits per heavy atom. The number of ether oxygens (including phenoxy) is 1. The average molecular weight is 479 g/mol. The van der Waals surface area contributed by atoms with Gasteiger partial charge in [-0.05, 0) is 41.0 Å². The maximum absolute atomic E-state index is 13.2. The number of nitrogens with zero attached hydrogens (tertiary/aromatic N) is 4. The van der Waals surface area contributed by atoms with E-state index in [2.05, 4.69) is 26.6 Å². The molecule has 0 spiro atoms. The number of amides is 2. The predicted octanol–water partition coefficient (Wildman–Crippen LogP) is 3.09. The number of likely N-dealkylation sites (N-methyl/N-ethyl adjacent to an activating group) is 1. The smallest absolute Gasteiger partial charge is 0.291 e. The van der Waals surface area contributed by atoms with E-state index in [1.807, 2.05) is 54.6 Å². The molecule has 9 nitrogen and oxygen atoms in total. The molecule has 0 saturated carbocycles. The molecule has 5 rings (SSSR count). The number of rotatable bonds is 5. The molecule has 178 valence electrons. The van der Waals surface area contributed by atoms with Gasteiger partial charge in [0.2, 0.25) is 5.82 Å². The third-order valence-corrected chi connectivity index (χ3v) is 5.93. The normalized spacial score (nSPS) is 14.8. The second-order valence-corrected chi connectivity index (χ2v) is 8.38. The Labute approximate surface area is 207 Å². The van der Waals surface area contributed by atoms with Gasteiger partial charge in [-0.15, -0.1) is 5.10 Å². The molecule has 36 heavy (non-hydrogen) atoms. The van der Waals surface area contributed by atoms with Crippen molar-refractivity contribution in [1.29, 1.82) is 5.26 Å². The maximum Gasteiger partial charge on any atom is 0.291 e. The molecule has 2 amide bonds. The van der Waals surface area contributed by atoms with E-state index < -0.39 is 11.9 Å². The van der Waals surface area contributed by atoms with Crippen LogP contribution in [0.1, 0.15) is 27.6 Å². The third kappa shape index (κ3) is 4.65. The summed E-state index contributed by atoms with van der Waals surface area (Å²) in [6, 6.07) is 23.6. The molecule has 0 aliphatic carbocycles. The molecule has 0 saturated heterocycles. The highest BCUT2D eigenvalue weighted by molar-refractivity contribution is 6.02. The first-order valence-electron chi connectivity index (χ1n) is 11.3. The van der Waals surface area contributed by atoms with E-state index in [0.717, 1.165) is 16.7 Å². The number of anilines is 1. The first-order valence-corrected chi connectivity index (χ1v) is 11.3. The molecule has 1 aliphatic heterocycles. The van der Waals surface area contributed by atoms with E-state index in [1.54, 1.807) is 25.2 Å². The monoisotopic (exact) mass is 478 g/mol. The minimum absolute atomic E-state index is 0.0352. The Balaban J connectivity index is 1.31. The number of aromatic amines is 1. The van der Waals surface area contributed by atoms with Crippen molar-refractivity contribution in [2.75, 3.05) is 18.6 Å². The molecule has 2 heterocycles. The summed E-state index contributed by atoms with van der Waals surface area (Å²) in [5, 5.41) is 18.7. The molecule has 1 aromatic heterocycles. The largest absolute Gasteiger partial charge is 0.489 e. The topological polar surface area (TPSA) is 124 Å². The van der Waals surface area contributed by atoms with E-state index in [1.165, 1.54) is 4.90 Å². The van der Waals surface area contributed by atoms with E-state index in [-0.39, 0.29) is 18.3 Å². The summed E-state index contributed by atoms with van der Waals surface area (Å²) in [4.78, 5) is 31.7. The van der Waals surface area contributed by atoms with Crippen molar-refractivity contribution >= 4 is 17.5 Å². The van der Waals surface area contributed by atoms with Crippen molar-refractivity contribution in [3.8, 4) is 22.9 Å². The van der Waals surface area contributed by atoms with Crippen LogP contribution in [0.25, 0.3) is 11.1 Å². The number of H-pyrrole nitrogens is 1. The fourth-order valence-electron chi connectivity index (χ4n) is 4.04. The van der Waals surface area contributed by atoms with Crippen LogP contribution in [-0.2, 0) is 11.2 Å². The van der Waals surface area contributed by atoms with Gasteiger partial charge < -0.3 is 15.0 Å². The van der Waals surface area contributed by atoms with Gasteiger partial charge in [0, 0.05) is 13.5 Å². The van der Waals surface area contributed by atoms with Crippen LogP contribution in [0.3, 0.4) is 0 Å². The molecule has 1 atom stereocenters. The second-order valence-electron chi connectivity index (χ2n) is 8.38. The van der Waals surface area contributed by atoms with E-state index in [9.17, 15) is 14.9 Å². The van der Waals surface area contributed by atoms with Crippen LogP contribution >= 0.6 is 0 Å². The molecular formula is C27H22N6O3. The lowest BCUT2D eigenvalue weighted by Gasteiger charge is -2.20. The van der Waals surface area contributed by atoms with Crippen molar-refractivity contribution in [2.45, 2.75) is 12.5 Å². The number of carbonyl (C=O) groups is 2. The first kappa shape index (κ1) is 22.8. The lowest BCUT2D eigenvalue weighted by atomic mass is 10.0. The van der Waals surface area contributed by atoms with Crippen LogP contribution in [0.15, 0.2) is 72.8 Å². The van der Waals surface area contributed by atoms with Crippen molar-refractivity contribution in [1.82, 2.24) is 20.5 Å². The number of nitrogens with one attached hydrogen (secondary N) is 2. The van der Waals surface area contributed by atoms with Gasteiger partial charge in [0.05, 0.1) is 17.3 Å². The number of carbonyl (C=O) groups excluding carboxylic acids is 2. The highest BCUT2D eigenvalue weighted by Crippen LogP contribution is 2.35. The van der Waals surface area contributed by atoms with Gasteiger partial charge in [-0.2, -0.15) is 5.26 Å². The van der Waals surface area contributed by atoms with Gasteiger partial charge in [0.1, 0.15) is 24.2 Å². The predicted molar refractivity (Wildman–Crippen MR) is 132 cm³/mol. The zero-order chi connectivity index (χ0) is 25.1. The number of nitriles is 1. The van der Waals surface area contributed by atoms with Crippen LogP contribution in [-0.4, -0.2) is 46.7 Å². The SMILES string of the molecule is CN1C(=O)[C@@H](NC(=O)c2n[nH]c(Cc3ccccc3)n2)COc2ccc(-c3cccc(C#N)c3)cc21. The summed E-state index contributed by atoms with van der Waals surface area (Å²) >= 11 is 0. The molecule has 0 fully saturated rings. The van der Waals surface area contributed by atoms with Gasteiger partial charge in [0.25, 0.3) is 11.8 Å². The standard InChI is InChI=1S/C27H22N6O3/c1-33-22-14-20(19-9-5-8-18(12-19)15-28)10-11-23(22)36-16-21(27(33)35)29-26(34)25-30-24(31-32-25)13-17-6-3-2-4-7-17/h2-12,14,21H,13,16H2,1H3,(H,29,34)(H,30,31,32)/t21-/m0/s1. The van der Waals surface area contributed by atoms with Crippen molar-refractivity contribution < 1.29 is 14.3 Å². The van der Waals surface area contributed by atoms with Crippen molar-refractivity contribution in [2.24, 2.45) is 0 Å². The Kier molecular flexibility index (Phi) is 6.16. The van der Waals surface area contributed by atoms with Crippen molar-refractivity contribution in [3.63, 3.8) is 0 Å². The lowest BCUT2D eigenvalue weighted by molar-refractivity contribution is -0.120. The van der Waals surface area contributed by atoms with Crippen LogP contribution in [0.4, 0.5) is 5.69 Å². The maximum atomic E-state index is 13.2. The number of aromatic nitrogens is 3. The summed E-state index contributed by atoms with van der Waals surface area (Å²) in [7, 11) is 1.63. The van der Waals surface area contributed by atoms with E-state index in [0.29, 0.717) is 29.2 Å². The molecule has 0 unspecified atom stereocenters. The van der Waals surface area contributed by atoms with E-state index in [4.69, 9.17) is 4.74 Å². The molecule has 9 heteroatoms. The zero-order valence-corrected chi connectivity index (χ0v) is 19.4. The van der Waals surface area contributed by atoms with E-state index >= 15 is 0 Å². The number of benzene rings is 3. The van der Waals surface area contributed by atoms with Gasteiger partial charge in [0.15, 0.2) is 0 Å². The van der Waals surface area contributed by atoms with Gasteiger partial charge in [-0.3, -0.25) is 14.7 Å². The zero-order valence-electron chi connectivity index (χ0n) is 19.4. The Bertz CT molecular complexity index is 1470. The fraction of sp³-hybridized carbons (Fsp3) is 0.148.